The van der Waals surface area contributed by atoms with Crippen LogP contribution < -0.4 is 19.5 Å². The fourth-order valence-corrected chi connectivity index (χ4v) is 3.47. The molecule has 1 N–H and O–H groups in total. The minimum Gasteiger partial charge on any atom is -0.496 e. The van der Waals surface area contributed by atoms with Crippen LogP contribution in [0.4, 0.5) is 0 Å². The Morgan fingerprint density at radius 1 is 1.04 bits per heavy atom. The molecule has 1 aliphatic carbocycles. The molecule has 1 saturated carbocycles. The van der Waals surface area contributed by atoms with Crippen molar-refractivity contribution in [2.75, 3.05) is 47.5 Å². The third-order valence-corrected chi connectivity index (χ3v) is 4.93. The molecule has 1 saturated heterocycles. The zero-order valence-corrected chi connectivity index (χ0v) is 14.4. The van der Waals surface area contributed by atoms with E-state index in [0.717, 1.165) is 49.3 Å². The minimum absolute atomic E-state index is 0.348. The second-order valence-electron chi connectivity index (χ2n) is 6.43. The molecular weight excluding hydrogens is 292 g/mol. The SMILES string of the molecule is COc1cc(OC)c([C@@H](CC2CC2)N2CCNCC2)c(OC)c1. The first-order chi connectivity index (χ1) is 11.3. The Kier molecular flexibility index (Phi) is 5.28. The molecule has 1 aromatic rings. The largest absolute Gasteiger partial charge is 0.496 e. The van der Waals surface area contributed by atoms with E-state index in [1.165, 1.54) is 24.8 Å². The molecule has 0 bridgehead atoms. The molecule has 128 valence electrons. The van der Waals surface area contributed by atoms with Gasteiger partial charge in [-0.15, -0.1) is 0 Å². The van der Waals surface area contributed by atoms with Crippen molar-refractivity contribution >= 4 is 0 Å². The second kappa shape index (κ2) is 7.41. The van der Waals surface area contributed by atoms with Crippen LogP contribution in [0.2, 0.25) is 0 Å². The van der Waals surface area contributed by atoms with Gasteiger partial charge in [0.1, 0.15) is 17.2 Å². The molecule has 5 nitrogen and oxygen atoms in total. The first-order valence-corrected chi connectivity index (χ1v) is 8.51. The number of ether oxygens (including phenoxy) is 3. The van der Waals surface area contributed by atoms with Crippen LogP contribution in [0.25, 0.3) is 0 Å². The normalized spacial score (nSPS) is 20.1. The standard InChI is InChI=1S/C18H28N2O3/c1-21-14-11-16(22-2)18(17(12-14)23-3)15(10-13-4-5-13)20-8-6-19-7-9-20/h11-13,15,19H,4-10H2,1-3H3/t15-/m1/s1. The third kappa shape index (κ3) is 3.72. The molecule has 1 atom stereocenters. The van der Waals surface area contributed by atoms with Gasteiger partial charge in [-0.25, -0.2) is 0 Å². The zero-order valence-electron chi connectivity index (χ0n) is 14.4. The Morgan fingerprint density at radius 2 is 1.65 bits per heavy atom. The van der Waals surface area contributed by atoms with Gasteiger partial charge in [0.15, 0.2) is 0 Å². The summed E-state index contributed by atoms with van der Waals surface area (Å²) in [6, 6.07) is 4.29. The lowest BCUT2D eigenvalue weighted by Crippen LogP contribution is -2.45. The summed E-state index contributed by atoms with van der Waals surface area (Å²) in [4.78, 5) is 2.57. The highest BCUT2D eigenvalue weighted by Crippen LogP contribution is 2.46. The van der Waals surface area contributed by atoms with E-state index in [1.807, 2.05) is 12.1 Å². The van der Waals surface area contributed by atoms with Crippen LogP contribution in [0.3, 0.4) is 0 Å². The van der Waals surface area contributed by atoms with Gasteiger partial charge in [0, 0.05) is 44.4 Å². The highest BCUT2D eigenvalue weighted by molar-refractivity contribution is 5.52. The highest BCUT2D eigenvalue weighted by atomic mass is 16.5. The summed E-state index contributed by atoms with van der Waals surface area (Å²) in [6.07, 6.45) is 3.88. The summed E-state index contributed by atoms with van der Waals surface area (Å²) in [7, 11) is 5.12. The van der Waals surface area contributed by atoms with Crippen LogP contribution in [0.15, 0.2) is 12.1 Å². The maximum atomic E-state index is 5.70. The number of nitrogens with one attached hydrogen (secondary N) is 1. The molecule has 23 heavy (non-hydrogen) atoms. The Morgan fingerprint density at radius 3 is 2.13 bits per heavy atom. The maximum Gasteiger partial charge on any atom is 0.131 e. The molecule has 0 radical (unpaired) electrons. The van der Waals surface area contributed by atoms with Crippen molar-refractivity contribution in [1.82, 2.24) is 10.2 Å². The van der Waals surface area contributed by atoms with E-state index < -0.39 is 0 Å². The Labute approximate surface area is 138 Å². The van der Waals surface area contributed by atoms with E-state index in [2.05, 4.69) is 10.2 Å². The van der Waals surface area contributed by atoms with Gasteiger partial charge in [0.25, 0.3) is 0 Å². The molecule has 0 amide bonds. The number of rotatable bonds is 7. The quantitative estimate of drug-likeness (QED) is 0.836. The molecule has 0 aromatic heterocycles. The number of methoxy groups -OCH3 is 3. The topological polar surface area (TPSA) is 43.0 Å². The fourth-order valence-electron chi connectivity index (χ4n) is 3.47. The van der Waals surface area contributed by atoms with Crippen LogP contribution in [0.1, 0.15) is 30.9 Å². The summed E-state index contributed by atoms with van der Waals surface area (Å²) in [5, 5.41) is 3.44. The van der Waals surface area contributed by atoms with Crippen molar-refractivity contribution in [2.24, 2.45) is 5.92 Å². The summed E-state index contributed by atoms with van der Waals surface area (Å²) in [5.41, 5.74) is 1.17. The fraction of sp³-hybridized carbons (Fsp3) is 0.667. The Bertz CT molecular complexity index is 500. The molecule has 5 heteroatoms. The van der Waals surface area contributed by atoms with Crippen LogP contribution in [-0.4, -0.2) is 52.4 Å². The summed E-state index contributed by atoms with van der Waals surface area (Å²) < 4.78 is 16.8. The summed E-state index contributed by atoms with van der Waals surface area (Å²) >= 11 is 0. The van der Waals surface area contributed by atoms with Gasteiger partial charge in [0.05, 0.1) is 26.9 Å². The summed E-state index contributed by atoms with van der Waals surface area (Å²) in [5.74, 6) is 3.34. The smallest absolute Gasteiger partial charge is 0.131 e. The maximum absolute atomic E-state index is 5.70. The van der Waals surface area contributed by atoms with Crippen molar-refractivity contribution in [3.05, 3.63) is 17.7 Å². The van der Waals surface area contributed by atoms with Crippen LogP contribution in [-0.2, 0) is 0 Å². The van der Waals surface area contributed by atoms with Crippen molar-refractivity contribution in [1.29, 1.82) is 0 Å². The highest BCUT2D eigenvalue weighted by Gasteiger charge is 2.34. The van der Waals surface area contributed by atoms with Crippen LogP contribution >= 0.6 is 0 Å². The third-order valence-electron chi connectivity index (χ3n) is 4.93. The van der Waals surface area contributed by atoms with E-state index in [0.29, 0.717) is 6.04 Å². The van der Waals surface area contributed by atoms with Crippen molar-refractivity contribution in [2.45, 2.75) is 25.3 Å². The van der Waals surface area contributed by atoms with Gasteiger partial charge in [0.2, 0.25) is 0 Å². The first-order valence-electron chi connectivity index (χ1n) is 8.51. The number of piperazine rings is 1. The molecule has 1 aliphatic heterocycles. The molecule has 2 fully saturated rings. The monoisotopic (exact) mass is 320 g/mol. The van der Waals surface area contributed by atoms with Gasteiger partial charge < -0.3 is 19.5 Å². The second-order valence-corrected chi connectivity index (χ2v) is 6.43. The molecule has 1 aromatic carbocycles. The number of nitrogens with zero attached hydrogens (tertiary/aromatic N) is 1. The van der Waals surface area contributed by atoms with Gasteiger partial charge in [-0.2, -0.15) is 0 Å². The van der Waals surface area contributed by atoms with Crippen molar-refractivity contribution in [3.8, 4) is 17.2 Å². The van der Waals surface area contributed by atoms with Crippen molar-refractivity contribution < 1.29 is 14.2 Å². The Hall–Kier alpha value is -1.46. The molecule has 0 spiro atoms. The molecule has 0 unspecified atom stereocenters. The van der Waals surface area contributed by atoms with E-state index >= 15 is 0 Å². The van der Waals surface area contributed by atoms with E-state index in [1.54, 1.807) is 21.3 Å². The lowest BCUT2D eigenvalue weighted by atomic mass is 9.96. The number of hydrogen-bond donors (Lipinski definition) is 1. The predicted molar refractivity (Wildman–Crippen MR) is 90.6 cm³/mol. The minimum atomic E-state index is 0.348. The molecular formula is C18H28N2O3. The van der Waals surface area contributed by atoms with Gasteiger partial charge in [-0.1, -0.05) is 12.8 Å². The number of hydrogen-bond acceptors (Lipinski definition) is 5. The molecule has 3 rings (SSSR count). The predicted octanol–water partition coefficient (Wildman–Crippen LogP) is 2.46. The Balaban J connectivity index is 1.98. The van der Waals surface area contributed by atoms with Crippen LogP contribution in [0, 0.1) is 5.92 Å². The molecule has 2 aliphatic rings. The van der Waals surface area contributed by atoms with E-state index in [4.69, 9.17) is 14.2 Å². The zero-order chi connectivity index (χ0) is 16.2. The van der Waals surface area contributed by atoms with Gasteiger partial charge >= 0.3 is 0 Å². The van der Waals surface area contributed by atoms with E-state index in [-0.39, 0.29) is 0 Å². The molecule has 1 heterocycles. The average molecular weight is 320 g/mol. The number of benzene rings is 1. The first kappa shape index (κ1) is 16.4. The van der Waals surface area contributed by atoms with Gasteiger partial charge in [-0.3, -0.25) is 4.90 Å². The average Bonchev–Trinajstić information content (AvgIpc) is 3.43. The summed E-state index contributed by atoms with van der Waals surface area (Å²) in [6.45, 7) is 4.22. The van der Waals surface area contributed by atoms with E-state index in [9.17, 15) is 0 Å². The van der Waals surface area contributed by atoms with Crippen molar-refractivity contribution in [3.63, 3.8) is 0 Å². The lowest BCUT2D eigenvalue weighted by molar-refractivity contribution is 0.154. The van der Waals surface area contributed by atoms with Crippen LogP contribution in [0.5, 0.6) is 17.2 Å². The van der Waals surface area contributed by atoms with Gasteiger partial charge in [-0.05, 0) is 12.3 Å². The lowest BCUT2D eigenvalue weighted by Gasteiger charge is -2.36.